The van der Waals surface area contributed by atoms with Gasteiger partial charge in [-0.25, -0.2) is 13.1 Å². The van der Waals surface area contributed by atoms with Gasteiger partial charge in [0, 0.05) is 13.2 Å². The molecule has 0 spiro atoms. The zero-order chi connectivity index (χ0) is 12.2. The minimum Gasteiger partial charge on any atom is -0.396 e. The van der Waals surface area contributed by atoms with Crippen molar-refractivity contribution >= 4 is 33.2 Å². The minimum atomic E-state index is -3.66. The van der Waals surface area contributed by atoms with Gasteiger partial charge in [0.05, 0.1) is 10.0 Å². The van der Waals surface area contributed by atoms with Crippen LogP contribution in [-0.2, 0) is 10.0 Å². The van der Waals surface area contributed by atoms with Gasteiger partial charge < -0.3 is 5.11 Å². The summed E-state index contributed by atoms with van der Waals surface area (Å²) in [5.41, 5.74) is 0. The van der Waals surface area contributed by atoms with Gasteiger partial charge in [0.15, 0.2) is 0 Å². The number of halogens is 2. The Balaban J connectivity index is 2.94. The lowest BCUT2D eigenvalue weighted by molar-refractivity contribution is 0.289. The van der Waals surface area contributed by atoms with Crippen molar-refractivity contribution in [2.45, 2.75) is 11.3 Å². The van der Waals surface area contributed by atoms with E-state index < -0.39 is 10.0 Å². The number of benzene rings is 1. The van der Waals surface area contributed by atoms with Crippen molar-refractivity contribution in [1.29, 1.82) is 0 Å². The summed E-state index contributed by atoms with van der Waals surface area (Å²) in [5.74, 6) is 0. The van der Waals surface area contributed by atoms with E-state index in [-0.39, 0.29) is 28.1 Å². The molecule has 90 valence electrons. The zero-order valence-electron chi connectivity index (χ0n) is 8.28. The molecule has 0 saturated carbocycles. The Hall–Kier alpha value is -0.330. The molecule has 0 atom stereocenters. The van der Waals surface area contributed by atoms with Crippen LogP contribution in [-0.4, -0.2) is 26.7 Å². The molecule has 0 heterocycles. The summed E-state index contributed by atoms with van der Waals surface area (Å²) in [6.07, 6.45) is 0.345. The van der Waals surface area contributed by atoms with E-state index in [0.29, 0.717) is 6.42 Å². The first-order valence-electron chi connectivity index (χ1n) is 4.53. The highest BCUT2D eigenvalue weighted by Crippen LogP contribution is 2.28. The largest absolute Gasteiger partial charge is 0.396 e. The Kier molecular flexibility index (Phi) is 5.01. The Bertz CT molecular complexity index is 462. The lowest BCUT2D eigenvalue weighted by atomic mass is 10.4. The molecular weight excluding hydrogens is 273 g/mol. The van der Waals surface area contributed by atoms with Crippen molar-refractivity contribution in [2.24, 2.45) is 0 Å². The summed E-state index contributed by atoms with van der Waals surface area (Å²) < 4.78 is 25.8. The van der Waals surface area contributed by atoms with E-state index >= 15 is 0 Å². The lowest BCUT2D eigenvalue weighted by Crippen LogP contribution is -2.25. The third-order valence-corrected chi connectivity index (χ3v) is 4.27. The maximum Gasteiger partial charge on any atom is 0.242 e. The standard InChI is InChI=1S/C9H11Cl2NO3S/c10-7-3-1-4-8(9(7)11)16(14,15)12-5-2-6-13/h1,3-4,12-13H,2,5-6H2. The second kappa shape index (κ2) is 5.84. The highest BCUT2D eigenvalue weighted by Gasteiger charge is 2.18. The fraction of sp³-hybridized carbons (Fsp3) is 0.333. The topological polar surface area (TPSA) is 66.4 Å². The van der Waals surface area contributed by atoms with Gasteiger partial charge in [0.2, 0.25) is 10.0 Å². The van der Waals surface area contributed by atoms with Gasteiger partial charge in [-0.05, 0) is 18.6 Å². The van der Waals surface area contributed by atoms with Crippen LogP contribution in [0.4, 0.5) is 0 Å². The number of aliphatic hydroxyl groups is 1. The average Bonchev–Trinajstić information content (AvgIpc) is 2.22. The molecule has 1 rings (SSSR count). The molecule has 1 aromatic rings. The molecule has 0 radical (unpaired) electrons. The molecule has 4 nitrogen and oxygen atoms in total. The maximum absolute atomic E-state index is 11.7. The van der Waals surface area contributed by atoms with E-state index in [0.717, 1.165) is 0 Å². The smallest absolute Gasteiger partial charge is 0.242 e. The van der Waals surface area contributed by atoms with Crippen molar-refractivity contribution in [3.05, 3.63) is 28.2 Å². The van der Waals surface area contributed by atoms with Gasteiger partial charge >= 0.3 is 0 Å². The van der Waals surface area contributed by atoms with Crippen molar-refractivity contribution in [2.75, 3.05) is 13.2 Å². The van der Waals surface area contributed by atoms with E-state index in [1.54, 1.807) is 0 Å². The molecule has 0 aliphatic rings. The predicted molar refractivity (Wildman–Crippen MR) is 63.4 cm³/mol. The van der Waals surface area contributed by atoms with Gasteiger partial charge in [-0.2, -0.15) is 0 Å². The van der Waals surface area contributed by atoms with Crippen LogP contribution in [0.1, 0.15) is 6.42 Å². The molecule has 2 N–H and O–H groups in total. The van der Waals surface area contributed by atoms with Crippen LogP contribution in [0.5, 0.6) is 0 Å². The van der Waals surface area contributed by atoms with Crippen LogP contribution >= 0.6 is 23.2 Å². The summed E-state index contributed by atoms with van der Waals surface area (Å²) in [6, 6.07) is 4.39. The van der Waals surface area contributed by atoms with Gasteiger partial charge in [0.1, 0.15) is 4.90 Å². The summed E-state index contributed by atoms with van der Waals surface area (Å²) in [7, 11) is -3.66. The van der Waals surface area contributed by atoms with Gasteiger partial charge in [0.25, 0.3) is 0 Å². The number of rotatable bonds is 5. The maximum atomic E-state index is 11.7. The first kappa shape index (κ1) is 13.7. The molecule has 0 aromatic heterocycles. The van der Waals surface area contributed by atoms with Crippen LogP contribution in [0.15, 0.2) is 23.1 Å². The molecule has 0 unspecified atom stereocenters. The average molecular weight is 284 g/mol. The van der Waals surface area contributed by atoms with Gasteiger partial charge in [-0.3, -0.25) is 0 Å². The third-order valence-electron chi connectivity index (χ3n) is 1.83. The lowest BCUT2D eigenvalue weighted by Gasteiger charge is -2.08. The highest BCUT2D eigenvalue weighted by atomic mass is 35.5. The summed E-state index contributed by atoms with van der Waals surface area (Å²) >= 11 is 11.5. The molecule has 0 bridgehead atoms. The van der Waals surface area contributed by atoms with Crippen LogP contribution in [0, 0.1) is 0 Å². The molecule has 0 amide bonds. The van der Waals surface area contributed by atoms with Crippen LogP contribution in [0.3, 0.4) is 0 Å². The Morgan fingerprint density at radius 3 is 2.62 bits per heavy atom. The normalized spacial score (nSPS) is 11.7. The second-order valence-electron chi connectivity index (χ2n) is 3.03. The first-order chi connectivity index (χ1) is 7.49. The number of aliphatic hydroxyl groups excluding tert-OH is 1. The van der Waals surface area contributed by atoms with E-state index in [2.05, 4.69) is 4.72 Å². The van der Waals surface area contributed by atoms with Crippen LogP contribution in [0.2, 0.25) is 10.0 Å². The molecule has 7 heteroatoms. The van der Waals surface area contributed by atoms with E-state index in [1.807, 2.05) is 0 Å². The molecule has 0 fully saturated rings. The van der Waals surface area contributed by atoms with Crippen molar-refractivity contribution in [3.8, 4) is 0 Å². The van der Waals surface area contributed by atoms with E-state index in [4.69, 9.17) is 28.3 Å². The van der Waals surface area contributed by atoms with Crippen LogP contribution in [0.25, 0.3) is 0 Å². The Morgan fingerprint density at radius 2 is 2.00 bits per heavy atom. The first-order valence-corrected chi connectivity index (χ1v) is 6.77. The number of hydrogen-bond acceptors (Lipinski definition) is 3. The molecule has 0 saturated heterocycles. The third kappa shape index (κ3) is 3.33. The second-order valence-corrected chi connectivity index (χ2v) is 5.55. The monoisotopic (exact) mass is 283 g/mol. The van der Waals surface area contributed by atoms with Crippen molar-refractivity contribution < 1.29 is 13.5 Å². The molecular formula is C9H11Cl2NO3S. The van der Waals surface area contributed by atoms with Gasteiger partial charge in [-0.15, -0.1) is 0 Å². The fourth-order valence-electron chi connectivity index (χ4n) is 1.05. The van der Waals surface area contributed by atoms with Crippen molar-refractivity contribution in [1.82, 2.24) is 4.72 Å². The van der Waals surface area contributed by atoms with Gasteiger partial charge in [-0.1, -0.05) is 29.3 Å². The molecule has 0 aliphatic carbocycles. The quantitative estimate of drug-likeness (QED) is 0.808. The number of sulfonamides is 1. The summed E-state index contributed by atoms with van der Waals surface area (Å²) in [5, 5.41) is 8.74. The number of hydrogen-bond donors (Lipinski definition) is 2. The number of nitrogens with one attached hydrogen (secondary N) is 1. The predicted octanol–water partition coefficient (Wildman–Crippen LogP) is 1.65. The SMILES string of the molecule is O=S(=O)(NCCCO)c1cccc(Cl)c1Cl. The minimum absolute atomic E-state index is 0.000616. The molecule has 1 aromatic carbocycles. The highest BCUT2D eigenvalue weighted by molar-refractivity contribution is 7.89. The zero-order valence-corrected chi connectivity index (χ0v) is 10.6. The van der Waals surface area contributed by atoms with Crippen molar-refractivity contribution in [3.63, 3.8) is 0 Å². The van der Waals surface area contributed by atoms with E-state index in [1.165, 1.54) is 18.2 Å². The Morgan fingerprint density at radius 1 is 1.31 bits per heavy atom. The fourth-order valence-corrected chi connectivity index (χ4v) is 2.89. The van der Waals surface area contributed by atoms with E-state index in [9.17, 15) is 8.42 Å². The summed E-state index contributed by atoms with van der Waals surface area (Å²) in [6.45, 7) is 0.0769. The molecule has 16 heavy (non-hydrogen) atoms. The van der Waals surface area contributed by atoms with Crippen LogP contribution < -0.4 is 4.72 Å². The molecule has 0 aliphatic heterocycles. The Labute approximate surface area is 104 Å². The summed E-state index contributed by atoms with van der Waals surface area (Å²) in [4.78, 5) is -0.0559.